The highest BCUT2D eigenvalue weighted by molar-refractivity contribution is 5.51. The molecule has 2 heteroatoms. The zero-order valence-corrected chi connectivity index (χ0v) is 12.1. The van der Waals surface area contributed by atoms with Gasteiger partial charge in [0.25, 0.3) is 0 Å². The molecule has 0 bridgehead atoms. The zero-order valence-electron chi connectivity index (χ0n) is 12.1. The molecule has 0 saturated carbocycles. The van der Waals surface area contributed by atoms with Gasteiger partial charge in [0.15, 0.2) is 0 Å². The fourth-order valence-electron chi connectivity index (χ4n) is 3.10. The third kappa shape index (κ3) is 2.38. The summed E-state index contributed by atoms with van der Waals surface area (Å²) in [5.41, 5.74) is 3.98. The topological polar surface area (TPSA) is 32.3 Å². The Bertz CT molecular complexity index is 618. The van der Waals surface area contributed by atoms with Crippen LogP contribution in [0.3, 0.4) is 0 Å². The van der Waals surface area contributed by atoms with Crippen LogP contribution in [0.25, 0.3) is 0 Å². The summed E-state index contributed by atoms with van der Waals surface area (Å²) in [6.07, 6.45) is 2.31. The van der Waals surface area contributed by atoms with Gasteiger partial charge >= 0.3 is 0 Å². The van der Waals surface area contributed by atoms with E-state index in [1.54, 1.807) is 12.1 Å². The molecule has 0 aliphatic heterocycles. The van der Waals surface area contributed by atoms with E-state index in [1.165, 1.54) is 17.5 Å². The number of anilines is 1. The summed E-state index contributed by atoms with van der Waals surface area (Å²) in [5.74, 6) is 0.303. The number of aromatic hydroxyl groups is 1. The van der Waals surface area contributed by atoms with Gasteiger partial charge in [-0.1, -0.05) is 44.2 Å². The first-order valence-electron chi connectivity index (χ1n) is 7.20. The van der Waals surface area contributed by atoms with Crippen molar-refractivity contribution in [3.8, 4) is 5.75 Å². The van der Waals surface area contributed by atoms with E-state index in [9.17, 15) is 5.11 Å². The first-order valence-corrected chi connectivity index (χ1v) is 7.20. The Balaban J connectivity index is 1.97. The van der Waals surface area contributed by atoms with Gasteiger partial charge in [-0.25, -0.2) is 0 Å². The number of aryl methyl sites for hydroxylation is 1. The molecule has 0 heterocycles. The fourth-order valence-corrected chi connectivity index (χ4v) is 3.10. The van der Waals surface area contributed by atoms with Crippen LogP contribution < -0.4 is 5.32 Å². The van der Waals surface area contributed by atoms with Crippen LogP contribution in [-0.2, 0) is 6.42 Å². The maximum atomic E-state index is 9.63. The molecule has 20 heavy (non-hydrogen) atoms. The molecule has 2 aromatic carbocycles. The molecule has 0 aromatic heterocycles. The lowest BCUT2D eigenvalue weighted by Gasteiger charge is -2.41. The van der Waals surface area contributed by atoms with Crippen molar-refractivity contribution in [1.29, 1.82) is 0 Å². The third-order valence-electron chi connectivity index (χ3n) is 4.34. The number of hydrogen-bond donors (Lipinski definition) is 2. The first kappa shape index (κ1) is 13.0. The number of hydrogen-bond acceptors (Lipinski definition) is 2. The maximum absolute atomic E-state index is 9.63. The van der Waals surface area contributed by atoms with Crippen LogP contribution in [0.15, 0.2) is 48.5 Å². The van der Waals surface area contributed by atoms with Crippen LogP contribution in [0, 0.1) is 5.41 Å². The van der Waals surface area contributed by atoms with Gasteiger partial charge in [-0.05, 0) is 41.5 Å². The maximum Gasteiger partial charge on any atom is 0.117 e. The summed E-state index contributed by atoms with van der Waals surface area (Å²) in [6, 6.07) is 16.3. The molecule has 104 valence electrons. The lowest BCUT2D eigenvalue weighted by molar-refractivity contribution is 0.265. The predicted molar refractivity (Wildman–Crippen MR) is 83.0 cm³/mol. The van der Waals surface area contributed by atoms with E-state index in [2.05, 4.69) is 43.4 Å². The van der Waals surface area contributed by atoms with E-state index < -0.39 is 0 Å². The number of phenols is 1. The highest BCUT2D eigenvalue weighted by Crippen LogP contribution is 2.45. The van der Waals surface area contributed by atoms with Crippen molar-refractivity contribution in [2.45, 2.75) is 32.7 Å². The van der Waals surface area contributed by atoms with Gasteiger partial charge in [-0.3, -0.25) is 0 Å². The monoisotopic (exact) mass is 267 g/mol. The molecular formula is C18H21NO. The van der Waals surface area contributed by atoms with E-state index in [4.69, 9.17) is 0 Å². The van der Waals surface area contributed by atoms with E-state index in [0.717, 1.165) is 12.1 Å². The molecule has 2 N–H and O–H groups in total. The molecule has 1 atom stereocenters. The van der Waals surface area contributed by atoms with Gasteiger partial charge in [0, 0.05) is 11.8 Å². The second kappa shape index (κ2) is 4.86. The molecule has 1 aliphatic rings. The van der Waals surface area contributed by atoms with Crippen molar-refractivity contribution in [3.63, 3.8) is 0 Å². The summed E-state index contributed by atoms with van der Waals surface area (Å²) in [6.45, 7) is 4.62. The lowest BCUT2D eigenvalue weighted by atomic mass is 9.70. The van der Waals surface area contributed by atoms with Gasteiger partial charge in [0.05, 0.1) is 6.04 Å². The molecule has 2 nitrogen and oxygen atoms in total. The van der Waals surface area contributed by atoms with E-state index in [1.807, 2.05) is 12.1 Å². The largest absolute Gasteiger partial charge is 0.508 e. The second-order valence-corrected chi connectivity index (χ2v) is 6.32. The Morgan fingerprint density at radius 2 is 1.90 bits per heavy atom. The van der Waals surface area contributed by atoms with Crippen LogP contribution in [0.4, 0.5) is 5.69 Å². The first-order chi connectivity index (χ1) is 9.56. The Hall–Kier alpha value is -1.96. The van der Waals surface area contributed by atoms with Crippen molar-refractivity contribution < 1.29 is 5.11 Å². The number of nitrogens with one attached hydrogen (secondary N) is 1. The van der Waals surface area contributed by atoms with E-state index >= 15 is 0 Å². The Morgan fingerprint density at radius 1 is 1.10 bits per heavy atom. The van der Waals surface area contributed by atoms with Crippen LogP contribution in [0.1, 0.15) is 37.4 Å². The van der Waals surface area contributed by atoms with Gasteiger partial charge in [0.2, 0.25) is 0 Å². The third-order valence-corrected chi connectivity index (χ3v) is 4.34. The highest BCUT2D eigenvalue weighted by Gasteiger charge is 2.35. The van der Waals surface area contributed by atoms with Gasteiger partial charge in [-0.2, -0.15) is 0 Å². The van der Waals surface area contributed by atoms with Crippen LogP contribution in [0.5, 0.6) is 5.75 Å². The Kier molecular flexibility index (Phi) is 3.17. The van der Waals surface area contributed by atoms with Crippen LogP contribution in [0.2, 0.25) is 0 Å². The van der Waals surface area contributed by atoms with Crippen molar-refractivity contribution in [3.05, 3.63) is 59.7 Å². The normalized spacial score (nSPS) is 20.2. The summed E-state index contributed by atoms with van der Waals surface area (Å²) >= 11 is 0. The van der Waals surface area contributed by atoms with Crippen molar-refractivity contribution in [2.24, 2.45) is 5.41 Å². The molecular weight excluding hydrogens is 246 g/mol. The number of rotatable bonds is 2. The fraction of sp³-hybridized carbons (Fsp3) is 0.333. The van der Waals surface area contributed by atoms with Gasteiger partial charge < -0.3 is 10.4 Å². The summed E-state index contributed by atoms with van der Waals surface area (Å²) in [7, 11) is 0. The summed E-state index contributed by atoms with van der Waals surface area (Å²) < 4.78 is 0. The minimum atomic E-state index is 0.194. The Morgan fingerprint density at radius 3 is 2.70 bits per heavy atom. The molecule has 0 fully saturated rings. The van der Waals surface area contributed by atoms with Crippen molar-refractivity contribution in [1.82, 2.24) is 0 Å². The summed E-state index contributed by atoms with van der Waals surface area (Å²) in [5, 5.41) is 13.2. The molecule has 0 saturated heterocycles. The minimum Gasteiger partial charge on any atom is -0.508 e. The van der Waals surface area contributed by atoms with Crippen LogP contribution in [-0.4, -0.2) is 5.11 Å². The van der Waals surface area contributed by atoms with Crippen molar-refractivity contribution in [2.75, 3.05) is 5.32 Å². The predicted octanol–water partition coefficient (Wildman–Crippen LogP) is 4.52. The van der Waals surface area contributed by atoms with Gasteiger partial charge in [0.1, 0.15) is 5.75 Å². The summed E-state index contributed by atoms with van der Waals surface area (Å²) in [4.78, 5) is 0. The molecule has 0 spiro atoms. The SMILES string of the molecule is CC1(C)CCc2ccccc2C1Nc1cccc(O)c1. The lowest BCUT2D eigenvalue weighted by Crippen LogP contribution is -2.33. The van der Waals surface area contributed by atoms with Crippen LogP contribution >= 0.6 is 0 Å². The minimum absolute atomic E-state index is 0.194. The smallest absolute Gasteiger partial charge is 0.117 e. The van der Waals surface area contributed by atoms with E-state index in [-0.39, 0.29) is 11.5 Å². The zero-order chi connectivity index (χ0) is 14.2. The Labute approximate surface area is 120 Å². The molecule has 1 aliphatic carbocycles. The van der Waals surface area contributed by atoms with Gasteiger partial charge in [-0.15, -0.1) is 0 Å². The standard InChI is InChI=1S/C18H21NO/c1-18(2)11-10-13-6-3-4-9-16(13)17(18)19-14-7-5-8-15(20)12-14/h3-9,12,17,19-20H,10-11H2,1-2H3. The highest BCUT2D eigenvalue weighted by atomic mass is 16.3. The molecule has 2 aromatic rings. The van der Waals surface area contributed by atoms with Crippen molar-refractivity contribution >= 4 is 5.69 Å². The molecule has 0 amide bonds. The number of fused-ring (bicyclic) bond motifs is 1. The average molecular weight is 267 g/mol. The molecule has 1 unspecified atom stereocenters. The molecule has 3 rings (SSSR count). The quantitative estimate of drug-likeness (QED) is 0.838. The number of benzene rings is 2. The molecule has 0 radical (unpaired) electrons. The second-order valence-electron chi connectivity index (χ2n) is 6.32. The number of phenolic OH excluding ortho intramolecular Hbond substituents is 1. The van der Waals surface area contributed by atoms with E-state index in [0.29, 0.717) is 5.75 Å². The average Bonchev–Trinajstić information content (AvgIpc) is 2.42.